The number of likely N-dealkylation sites (N-methyl/N-ethyl adjacent to an activating group) is 1. The summed E-state index contributed by atoms with van der Waals surface area (Å²) < 4.78 is 6.15. The van der Waals surface area contributed by atoms with E-state index in [-0.39, 0.29) is 18.3 Å². The van der Waals surface area contributed by atoms with Crippen LogP contribution in [0, 0.1) is 0 Å². The Kier molecular flexibility index (Phi) is 4.38. The van der Waals surface area contributed by atoms with Crippen molar-refractivity contribution in [2.75, 3.05) is 7.05 Å². The van der Waals surface area contributed by atoms with Gasteiger partial charge in [0.25, 0.3) is 5.89 Å². The molecule has 0 saturated carbocycles. The summed E-state index contributed by atoms with van der Waals surface area (Å²) in [4.78, 5) is 26.4. The van der Waals surface area contributed by atoms with Crippen molar-refractivity contribution >= 4 is 17.2 Å². The quantitative estimate of drug-likeness (QED) is 0.720. The highest BCUT2D eigenvalue weighted by Crippen LogP contribution is 2.21. The second kappa shape index (κ2) is 6.62. The van der Waals surface area contributed by atoms with Gasteiger partial charge < -0.3 is 9.32 Å². The van der Waals surface area contributed by atoms with Crippen molar-refractivity contribution in [1.82, 2.24) is 14.7 Å². The summed E-state index contributed by atoms with van der Waals surface area (Å²) in [6.45, 7) is 0.334. The number of rotatable bonds is 5. The van der Waals surface area contributed by atoms with E-state index in [9.17, 15) is 9.59 Å². The molecule has 0 saturated heterocycles. The van der Waals surface area contributed by atoms with Crippen LogP contribution in [-0.2, 0) is 17.9 Å². The third kappa shape index (κ3) is 3.57. The SMILES string of the molecule is CN(Cc1ccccc1)C(=O)Cn1nc(-c2cccs2)oc1=O. The van der Waals surface area contributed by atoms with Crippen molar-refractivity contribution in [3.05, 3.63) is 64.0 Å². The lowest BCUT2D eigenvalue weighted by atomic mass is 10.2. The van der Waals surface area contributed by atoms with Gasteiger partial charge in [0.2, 0.25) is 5.91 Å². The summed E-state index contributed by atoms with van der Waals surface area (Å²) in [5, 5.41) is 5.95. The first kappa shape index (κ1) is 15.2. The third-order valence-electron chi connectivity index (χ3n) is 3.31. The van der Waals surface area contributed by atoms with Gasteiger partial charge in [0.05, 0.1) is 4.88 Å². The molecule has 2 heterocycles. The number of amides is 1. The molecule has 0 unspecified atom stereocenters. The van der Waals surface area contributed by atoms with Crippen LogP contribution in [0.15, 0.2) is 57.1 Å². The molecule has 2 aromatic heterocycles. The number of aromatic nitrogens is 2. The van der Waals surface area contributed by atoms with Crippen molar-refractivity contribution in [1.29, 1.82) is 0 Å². The maximum atomic E-state index is 12.3. The van der Waals surface area contributed by atoms with E-state index in [4.69, 9.17) is 4.42 Å². The fourth-order valence-electron chi connectivity index (χ4n) is 2.10. The van der Waals surface area contributed by atoms with Crippen molar-refractivity contribution in [2.24, 2.45) is 0 Å². The van der Waals surface area contributed by atoms with Crippen molar-refractivity contribution in [3.8, 4) is 10.8 Å². The molecule has 0 spiro atoms. The lowest BCUT2D eigenvalue weighted by molar-refractivity contribution is -0.131. The van der Waals surface area contributed by atoms with Gasteiger partial charge in [-0.15, -0.1) is 16.4 Å². The molecule has 6 nitrogen and oxygen atoms in total. The molecule has 0 aliphatic heterocycles. The highest BCUT2D eigenvalue weighted by atomic mass is 32.1. The van der Waals surface area contributed by atoms with E-state index in [1.807, 2.05) is 47.8 Å². The Labute approximate surface area is 136 Å². The van der Waals surface area contributed by atoms with Gasteiger partial charge in [0.1, 0.15) is 6.54 Å². The van der Waals surface area contributed by atoms with Crippen LogP contribution < -0.4 is 5.76 Å². The zero-order chi connectivity index (χ0) is 16.2. The first-order valence-corrected chi connectivity index (χ1v) is 7.91. The summed E-state index contributed by atoms with van der Waals surface area (Å²) in [5.74, 6) is -0.597. The van der Waals surface area contributed by atoms with Gasteiger partial charge in [0.15, 0.2) is 0 Å². The minimum Gasteiger partial charge on any atom is -0.387 e. The molecular formula is C16H15N3O3S. The van der Waals surface area contributed by atoms with E-state index in [1.54, 1.807) is 11.9 Å². The molecule has 3 aromatic rings. The minimum atomic E-state index is -0.630. The average molecular weight is 329 g/mol. The number of hydrogen-bond acceptors (Lipinski definition) is 5. The lowest BCUT2D eigenvalue weighted by Crippen LogP contribution is -2.32. The highest BCUT2D eigenvalue weighted by Gasteiger charge is 2.16. The second-order valence-electron chi connectivity index (χ2n) is 5.04. The van der Waals surface area contributed by atoms with E-state index in [0.29, 0.717) is 6.54 Å². The molecule has 118 valence electrons. The Bertz CT molecular complexity index is 837. The Morgan fingerprint density at radius 2 is 2.04 bits per heavy atom. The topological polar surface area (TPSA) is 68.3 Å². The number of carbonyl (C=O) groups excluding carboxylic acids is 1. The van der Waals surface area contributed by atoms with E-state index < -0.39 is 5.76 Å². The van der Waals surface area contributed by atoms with E-state index in [0.717, 1.165) is 15.1 Å². The van der Waals surface area contributed by atoms with Gasteiger partial charge in [-0.3, -0.25) is 4.79 Å². The maximum absolute atomic E-state index is 12.3. The Hall–Kier alpha value is -2.67. The molecule has 1 amide bonds. The number of nitrogens with zero attached hydrogens (tertiary/aromatic N) is 3. The molecule has 0 atom stereocenters. The lowest BCUT2D eigenvalue weighted by Gasteiger charge is -2.16. The zero-order valence-electron chi connectivity index (χ0n) is 12.5. The van der Waals surface area contributed by atoms with Crippen LogP contribution in [0.25, 0.3) is 10.8 Å². The fourth-order valence-corrected chi connectivity index (χ4v) is 2.74. The molecule has 3 rings (SSSR count). The number of thiophene rings is 1. The van der Waals surface area contributed by atoms with E-state index >= 15 is 0 Å². The van der Waals surface area contributed by atoms with Crippen molar-refractivity contribution in [2.45, 2.75) is 13.1 Å². The van der Waals surface area contributed by atoms with Crippen LogP contribution >= 0.6 is 11.3 Å². The van der Waals surface area contributed by atoms with Crippen LogP contribution in [0.4, 0.5) is 0 Å². The summed E-state index contributed by atoms with van der Waals surface area (Å²) in [6, 6.07) is 13.3. The van der Waals surface area contributed by atoms with Crippen LogP contribution in [0.1, 0.15) is 5.56 Å². The Morgan fingerprint density at radius 1 is 1.26 bits per heavy atom. The van der Waals surface area contributed by atoms with Gasteiger partial charge in [-0.2, -0.15) is 4.68 Å². The summed E-state index contributed by atoms with van der Waals surface area (Å²) >= 11 is 1.42. The van der Waals surface area contributed by atoms with Crippen molar-refractivity contribution in [3.63, 3.8) is 0 Å². The van der Waals surface area contributed by atoms with Crippen molar-refractivity contribution < 1.29 is 9.21 Å². The third-order valence-corrected chi connectivity index (χ3v) is 4.17. The van der Waals surface area contributed by atoms with Gasteiger partial charge >= 0.3 is 5.76 Å². The molecular weight excluding hydrogens is 314 g/mol. The molecule has 0 fully saturated rings. The molecule has 0 radical (unpaired) electrons. The largest absolute Gasteiger partial charge is 0.437 e. The molecule has 0 aliphatic carbocycles. The Morgan fingerprint density at radius 3 is 2.74 bits per heavy atom. The number of carbonyl (C=O) groups is 1. The van der Waals surface area contributed by atoms with Gasteiger partial charge in [0, 0.05) is 13.6 Å². The van der Waals surface area contributed by atoms with Crippen LogP contribution in [-0.4, -0.2) is 27.6 Å². The molecule has 0 N–H and O–H groups in total. The van der Waals surface area contributed by atoms with E-state index in [1.165, 1.54) is 11.3 Å². The van der Waals surface area contributed by atoms with Gasteiger partial charge in [-0.25, -0.2) is 4.79 Å². The van der Waals surface area contributed by atoms with Crippen LogP contribution in [0.3, 0.4) is 0 Å². The molecule has 7 heteroatoms. The predicted molar refractivity (Wildman–Crippen MR) is 87.0 cm³/mol. The maximum Gasteiger partial charge on any atom is 0.437 e. The van der Waals surface area contributed by atoms with Crippen LogP contribution in [0.2, 0.25) is 0 Å². The standard InChI is InChI=1S/C16H15N3O3S/c1-18(10-12-6-3-2-4-7-12)14(20)11-19-16(21)22-15(17-19)13-8-5-9-23-13/h2-9H,10-11H2,1H3. The molecule has 0 bridgehead atoms. The van der Waals surface area contributed by atoms with Gasteiger partial charge in [-0.05, 0) is 17.0 Å². The molecule has 0 aliphatic rings. The second-order valence-corrected chi connectivity index (χ2v) is 5.99. The number of benzene rings is 1. The first-order chi connectivity index (χ1) is 11.1. The van der Waals surface area contributed by atoms with E-state index in [2.05, 4.69) is 5.10 Å². The zero-order valence-corrected chi connectivity index (χ0v) is 13.3. The van der Waals surface area contributed by atoms with Gasteiger partial charge in [-0.1, -0.05) is 36.4 Å². The van der Waals surface area contributed by atoms with Crippen LogP contribution in [0.5, 0.6) is 0 Å². The molecule has 23 heavy (non-hydrogen) atoms. The first-order valence-electron chi connectivity index (χ1n) is 7.03. The monoisotopic (exact) mass is 329 g/mol. The summed E-state index contributed by atoms with van der Waals surface area (Å²) in [7, 11) is 1.70. The minimum absolute atomic E-state index is 0.142. The highest BCUT2D eigenvalue weighted by molar-refractivity contribution is 7.13. The normalized spacial score (nSPS) is 10.7. The summed E-state index contributed by atoms with van der Waals surface area (Å²) in [6.07, 6.45) is 0. The predicted octanol–water partition coefficient (Wildman–Crippen LogP) is 2.22. The average Bonchev–Trinajstić information content (AvgIpc) is 3.19. The molecule has 1 aromatic carbocycles. The fraction of sp³-hybridized carbons (Fsp3) is 0.188. The number of hydrogen-bond donors (Lipinski definition) is 0. The Balaban J connectivity index is 1.69. The summed E-state index contributed by atoms with van der Waals surface area (Å²) in [5.41, 5.74) is 1.02. The smallest absolute Gasteiger partial charge is 0.387 e.